The Kier molecular flexibility index (Phi) is 5.08. The van der Waals surface area contributed by atoms with Crippen LogP contribution in [0.4, 0.5) is 0 Å². The van der Waals surface area contributed by atoms with Crippen molar-refractivity contribution < 1.29 is 14.4 Å². The van der Waals surface area contributed by atoms with Gasteiger partial charge in [-0.05, 0) is 25.7 Å². The Labute approximate surface area is 152 Å². The van der Waals surface area contributed by atoms with E-state index in [2.05, 4.69) is 28.2 Å². The Balaban J connectivity index is 1.72. The van der Waals surface area contributed by atoms with E-state index in [4.69, 9.17) is 0 Å². The second-order valence-corrected chi connectivity index (χ2v) is 6.87. The Bertz CT molecular complexity index is 840. The SMILES string of the molecule is CN(C)C(CNC(=O)CN1C(=O)CCC1=O)c1cn(C)c2ccccc12. The lowest BCUT2D eigenvalue weighted by Crippen LogP contribution is -2.42. The minimum absolute atomic E-state index is 0.0185. The van der Waals surface area contributed by atoms with Crippen LogP contribution in [0, 0.1) is 0 Å². The maximum absolute atomic E-state index is 12.2. The van der Waals surface area contributed by atoms with E-state index in [1.54, 1.807) is 0 Å². The summed E-state index contributed by atoms with van der Waals surface area (Å²) in [7, 11) is 5.93. The van der Waals surface area contributed by atoms with Gasteiger partial charge >= 0.3 is 0 Å². The molecule has 1 atom stereocenters. The zero-order valence-corrected chi connectivity index (χ0v) is 15.4. The first kappa shape index (κ1) is 18.1. The third-order valence-corrected chi connectivity index (χ3v) is 4.86. The summed E-state index contributed by atoms with van der Waals surface area (Å²) in [4.78, 5) is 38.6. The number of amides is 3. The highest BCUT2D eigenvalue weighted by atomic mass is 16.2. The Morgan fingerprint density at radius 1 is 1.19 bits per heavy atom. The molecule has 26 heavy (non-hydrogen) atoms. The van der Waals surface area contributed by atoms with Crippen molar-refractivity contribution in [3.63, 3.8) is 0 Å². The lowest BCUT2D eigenvalue weighted by atomic mass is 10.0. The molecule has 3 rings (SSSR count). The van der Waals surface area contributed by atoms with E-state index in [1.807, 2.05) is 38.2 Å². The summed E-state index contributed by atoms with van der Waals surface area (Å²) >= 11 is 0. The Morgan fingerprint density at radius 2 is 1.85 bits per heavy atom. The first-order chi connectivity index (χ1) is 12.4. The molecule has 2 aromatic rings. The number of fused-ring (bicyclic) bond motifs is 1. The van der Waals surface area contributed by atoms with Gasteiger partial charge in [-0.2, -0.15) is 0 Å². The van der Waals surface area contributed by atoms with E-state index in [9.17, 15) is 14.4 Å². The zero-order chi connectivity index (χ0) is 18.8. The monoisotopic (exact) mass is 356 g/mol. The molecule has 0 radical (unpaired) electrons. The fraction of sp³-hybridized carbons (Fsp3) is 0.421. The van der Waals surface area contributed by atoms with E-state index in [0.29, 0.717) is 6.54 Å². The molecule has 1 fully saturated rings. The molecule has 7 heteroatoms. The second-order valence-electron chi connectivity index (χ2n) is 6.87. The van der Waals surface area contributed by atoms with E-state index >= 15 is 0 Å². The molecule has 1 saturated heterocycles. The molecule has 2 heterocycles. The molecule has 1 aromatic heterocycles. The molecular weight excluding hydrogens is 332 g/mol. The molecule has 1 unspecified atom stereocenters. The number of hydrogen-bond donors (Lipinski definition) is 1. The molecule has 138 valence electrons. The number of imide groups is 1. The largest absolute Gasteiger partial charge is 0.353 e. The predicted molar refractivity (Wildman–Crippen MR) is 98.3 cm³/mol. The number of aromatic nitrogens is 1. The standard InChI is InChI=1S/C19H24N4O3/c1-21(2)16(14-11-22(3)15-7-5-4-6-13(14)15)10-20-17(24)12-23-18(25)8-9-19(23)26/h4-7,11,16H,8-10,12H2,1-3H3,(H,20,24). The highest BCUT2D eigenvalue weighted by Crippen LogP contribution is 2.28. The van der Waals surface area contributed by atoms with Crippen molar-refractivity contribution in [1.82, 2.24) is 19.7 Å². The molecule has 0 bridgehead atoms. The van der Waals surface area contributed by atoms with Gasteiger partial charge < -0.3 is 14.8 Å². The smallest absolute Gasteiger partial charge is 0.240 e. The summed E-state index contributed by atoms with van der Waals surface area (Å²) < 4.78 is 2.07. The first-order valence-corrected chi connectivity index (χ1v) is 8.68. The molecule has 7 nitrogen and oxygen atoms in total. The van der Waals surface area contributed by atoms with Crippen molar-refractivity contribution in [1.29, 1.82) is 0 Å². The second kappa shape index (κ2) is 7.29. The number of nitrogens with one attached hydrogen (secondary N) is 1. The molecule has 0 saturated carbocycles. The maximum Gasteiger partial charge on any atom is 0.240 e. The van der Waals surface area contributed by atoms with E-state index in [1.165, 1.54) is 0 Å². The van der Waals surface area contributed by atoms with Crippen molar-refractivity contribution in [2.45, 2.75) is 18.9 Å². The lowest BCUT2D eigenvalue weighted by molar-refractivity contribution is -0.142. The van der Waals surface area contributed by atoms with Gasteiger partial charge in [-0.25, -0.2) is 0 Å². The summed E-state index contributed by atoms with van der Waals surface area (Å²) in [6.45, 7) is 0.198. The van der Waals surface area contributed by atoms with Crippen LogP contribution in [0.2, 0.25) is 0 Å². The van der Waals surface area contributed by atoms with Gasteiger partial charge in [0.15, 0.2) is 0 Å². The van der Waals surface area contributed by atoms with Crippen molar-refractivity contribution in [3.05, 3.63) is 36.0 Å². The van der Waals surface area contributed by atoms with Gasteiger partial charge in [0.2, 0.25) is 17.7 Å². The summed E-state index contributed by atoms with van der Waals surface area (Å²) in [5.41, 5.74) is 2.26. The van der Waals surface area contributed by atoms with Crippen LogP contribution < -0.4 is 5.32 Å². The normalized spacial score (nSPS) is 15.9. The molecule has 1 aliphatic heterocycles. The molecule has 1 N–H and O–H groups in total. The highest BCUT2D eigenvalue weighted by Gasteiger charge is 2.30. The topological polar surface area (TPSA) is 74.7 Å². The number of hydrogen-bond acceptors (Lipinski definition) is 4. The molecule has 1 aromatic carbocycles. The van der Waals surface area contributed by atoms with Crippen LogP contribution in [-0.2, 0) is 21.4 Å². The average Bonchev–Trinajstić information content (AvgIpc) is 3.10. The third-order valence-electron chi connectivity index (χ3n) is 4.86. The Morgan fingerprint density at radius 3 is 2.50 bits per heavy atom. The van der Waals surface area contributed by atoms with Crippen LogP contribution in [0.25, 0.3) is 10.9 Å². The van der Waals surface area contributed by atoms with Gasteiger partial charge in [-0.15, -0.1) is 0 Å². The fourth-order valence-corrected chi connectivity index (χ4v) is 3.42. The summed E-state index contributed by atoms with van der Waals surface area (Å²) in [5, 5.41) is 4.01. The van der Waals surface area contributed by atoms with Crippen LogP contribution in [-0.4, -0.2) is 59.3 Å². The fourth-order valence-electron chi connectivity index (χ4n) is 3.42. The number of rotatable bonds is 6. The zero-order valence-electron chi connectivity index (χ0n) is 15.4. The number of likely N-dealkylation sites (tertiary alicyclic amines) is 1. The third kappa shape index (κ3) is 3.48. The number of carbonyl (C=O) groups is 3. The molecule has 0 aliphatic carbocycles. The van der Waals surface area contributed by atoms with E-state index in [0.717, 1.165) is 21.4 Å². The van der Waals surface area contributed by atoms with Crippen molar-refractivity contribution in [2.24, 2.45) is 7.05 Å². The minimum Gasteiger partial charge on any atom is -0.353 e. The quantitative estimate of drug-likeness (QED) is 0.785. The summed E-state index contributed by atoms with van der Waals surface area (Å²) in [5.74, 6) is -0.868. The number of benzene rings is 1. The number of para-hydroxylation sites is 1. The van der Waals surface area contributed by atoms with Crippen LogP contribution >= 0.6 is 0 Å². The lowest BCUT2D eigenvalue weighted by Gasteiger charge is -2.25. The van der Waals surface area contributed by atoms with Gasteiger partial charge in [0.25, 0.3) is 0 Å². The van der Waals surface area contributed by atoms with Crippen LogP contribution in [0.5, 0.6) is 0 Å². The van der Waals surface area contributed by atoms with E-state index < -0.39 is 0 Å². The maximum atomic E-state index is 12.2. The molecular formula is C19H24N4O3. The van der Waals surface area contributed by atoms with Gasteiger partial charge in [0.05, 0.1) is 6.04 Å². The summed E-state index contributed by atoms with van der Waals surface area (Å²) in [6.07, 6.45) is 2.47. The molecule has 3 amide bonds. The van der Waals surface area contributed by atoms with E-state index in [-0.39, 0.29) is 43.1 Å². The number of aryl methyl sites for hydroxylation is 1. The van der Waals surface area contributed by atoms with Crippen molar-refractivity contribution in [2.75, 3.05) is 27.2 Å². The molecule has 1 aliphatic rings. The minimum atomic E-state index is -0.319. The van der Waals surface area contributed by atoms with Gasteiger partial charge in [-0.3, -0.25) is 19.3 Å². The van der Waals surface area contributed by atoms with Gasteiger partial charge in [0, 0.05) is 43.5 Å². The predicted octanol–water partition coefficient (Wildman–Crippen LogP) is 1.05. The number of nitrogens with zero attached hydrogens (tertiary/aromatic N) is 3. The Hall–Kier alpha value is -2.67. The van der Waals surface area contributed by atoms with Crippen molar-refractivity contribution >= 4 is 28.6 Å². The van der Waals surface area contributed by atoms with Crippen LogP contribution in [0.1, 0.15) is 24.4 Å². The first-order valence-electron chi connectivity index (χ1n) is 8.68. The van der Waals surface area contributed by atoms with Crippen molar-refractivity contribution in [3.8, 4) is 0 Å². The highest BCUT2D eigenvalue weighted by molar-refractivity contribution is 6.04. The summed E-state index contributed by atoms with van der Waals surface area (Å²) in [6, 6.07) is 8.12. The van der Waals surface area contributed by atoms with Crippen LogP contribution in [0.3, 0.4) is 0 Å². The van der Waals surface area contributed by atoms with Crippen LogP contribution in [0.15, 0.2) is 30.5 Å². The van der Waals surface area contributed by atoms with Gasteiger partial charge in [0.1, 0.15) is 6.54 Å². The molecule has 0 spiro atoms. The number of carbonyl (C=O) groups excluding carboxylic acids is 3. The number of likely N-dealkylation sites (N-methyl/N-ethyl adjacent to an activating group) is 1. The van der Waals surface area contributed by atoms with Gasteiger partial charge in [-0.1, -0.05) is 18.2 Å². The average molecular weight is 356 g/mol.